The predicted molar refractivity (Wildman–Crippen MR) is 229 cm³/mol. The number of imide groups is 2. The zero-order chi connectivity index (χ0) is 44.6. The first-order valence-corrected chi connectivity index (χ1v) is 21.1. The van der Waals surface area contributed by atoms with Gasteiger partial charge in [0.25, 0.3) is 23.6 Å². The van der Waals surface area contributed by atoms with Gasteiger partial charge in [-0.15, -0.1) is 0 Å². The number of amides is 7. The molecule has 1 unspecified atom stereocenters. The quantitative estimate of drug-likeness (QED) is 0.0576. The standard InChI is InChI=1S/C44H52FN9O9/c1-26-34(24-31-30-23-28(45)7-8-32(30)50-40(31)57)49-27(2)38(26)42(59)48-11-4-14-52-15-17-53(18-16-52)25-37(56)47-13-20-63-22-21-62-19-12-46-33-6-3-5-29-39(33)44(61)54(43(29)60)35-9-10-36(55)51-41(35)58/h3,5-8,23-24,35,46,49H,4,9-22,25H2,1-2H3,(H,47,56)(H,48,59)(H,50,57)(H,51,55,58)/b31-24-. The number of rotatable bonds is 19. The summed E-state index contributed by atoms with van der Waals surface area (Å²) in [5.74, 6) is -3.29. The van der Waals surface area contributed by atoms with Crippen molar-refractivity contribution >= 4 is 64.4 Å². The number of ether oxygens (including phenoxy) is 2. The Morgan fingerprint density at radius 1 is 0.857 bits per heavy atom. The fourth-order valence-electron chi connectivity index (χ4n) is 8.23. The van der Waals surface area contributed by atoms with Crippen LogP contribution in [0.25, 0.3) is 11.6 Å². The SMILES string of the molecule is Cc1[nH]c(/C=C2\C(=O)Nc3ccc(F)cc32)c(C)c1C(=O)NCCCN1CCN(CC(=O)NCCOCCOCCNc2cccc3c2C(=O)N(C2CCC(=O)NC2=O)C3=O)CC1. The van der Waals surface area contributed by atoms with Crippen LogP contribution >= 0.6 is 0 Å². The number of benzene rings is 2. The van der Waals surface area contributed by atoms with Gasteiger partial charge in [-0.05, 0) is 75.2 Å². The first-order chi connectivity index (χ1) is 30.4. The summed E-state index contributed by atoms with van der Waals surface area (Å²) < 4.78 is 25.1. The average Bonchev–Trinajstić information content (AvgIpc) is 3.82. The maximum Gasteiger partial charge on any atom is 0.264 e. The van der Waals surface area contributed by atoms with Gasteiger partial charge in [0.05, 0.1) is 55.2 Å². The monoisotopic (exact) mass is 869 g/mol. The molecular formula is C44H52FN9O9. The Labute approximate surface area is 363 Å². The minimum atomic E-state index is -1.03. The van der Waals surface area contributed by atoms with Gasteiger partial charge in [-0.2, -0.15) is 0 Å². The first-order valence-electron chi connectivity index (χ1n) is 21.1. The van der Waals surface area contributed by atoms with Crippen LogP contribution < -0.4 is 26.6 Å². The van der Waals surface area contributed by atoms with Crippen LogP contribution in [0.5, 0.6) is 0 Å². The second-order valence-electron chi connectivity index (χ2n) is 15.8. The highest BCUT2D eigenvalue weighted by molar-refractivity contribution is 6.35. The fraction of sp³-hybridized carbons (Fsp3) is 0.432. The number of aryl methyl sites for hydroxylation is 1. The molecule has 7 rings (SSSR count). The molecule has 6 N–H and O–H groups in total. The Bertz CT molecular complexity index is 2320. The number of H-pyrrole nitrogens is 1. The second-order valence-corrected chi connectivity index (χ2v) is 15.8. The number of hydrogen-bond acceptors (Lipinski definition) is 12. The molecule has 0 spiro atoms. The van der Waals surface area contributed by atoms with Gasteiger partial charge in [0.2, 0.25) is 17.7 Å². The number of carbonyl (C=O) groups excluding carboxylic acids is 7. The summed E-state index contributed by atoms with van der Waals surface area (Å²) in [5.41, 5.74) is 4.70. The number of fused-ring (bicyclic) bond motifs is 2. The Morgan fingerprint density at radius 3 is 2.37 bits per heavy atom. The van der Waals surface area contributed by atoms with Crippen LogP contribution in [0.1, 0.15) is 72.9 Å². The minimum Gasteiger partial charge on any atom is -0.382 e. The molecule has 5 heterocycles. The number of carbonyl (C=O) groups is 7. The molecule has 19 heteroatoms. The van der Waals surface area contributed by atoms with Crippen LogP contribution in [-0.4, -0.2) is 152 Å². The van der Waals surface area contributed by atoms with Crippen molar-refractivity contribution < 1.29 is 47.4 Å². The highest BCUT2D eigenvalue weighted by Crippen LogP contribution is 2.35. The number of nitrogens with one attached hydrogen (secondary N) is 6. The predicted octanol–water partition coefficient (Wildman–Crippen LogP) is 1.66. The maximum absolute atomic E-state index is 13.9. The van der Waals surface area contributed by atoms with Crippen molar-refractivity contribution in [2.24, 2.45) is 0 Å². The number of anilines is 2. The van der Waals surface area contributed by atoms with E-state index in [9.17, 15) is 38.0 Å². The van der Waals surface area contributed by atoms with E-state index >= 15 is 0 Å². The van der Waals surface area contributed by atoms with Crippen molar-refractivity contribution in [3.63, 3.8) is 0 Å². The summed E-state index contributed by atoms with van der Waals surface area (Å²) >= 11 is 0. The van der Waals surface area contributed by atoms with Gasteiger partial charge in [0.15, 0.2) is 0 Å². The number of nitrogens with zero attached hydrogens (tertiary/aromatic N) is 3. The smallest absolute Gasteiger partial charge is 0.264 e. The van der Waals surface area contributed by atoms with Crippen molar-refractivity contribution in [3.8, 4) is 0 Å². The van der Waals surface area contributed by atoms with E-state index in [1.807, 2.05) is 6.92 Å². The molecule has 0 bridgehead atoms. The topological polar surface area (TPSA) is 224 Å². The summed E-state index contributed by atoms with van der Waals surface area (Å²) in [6, 6.07) is 7.98. The van der Waals surface area contributed by atoms with Crippen molar-refractivity contribution in [1.29, 1.82) is 0 Å². The molecule has 0 radical (unpaired) electrons. The van der Waals surface area contributed by atoms with Crippen molar-refractivity contribution in [2.75, 3.05) is 96.0 Å². The van der Waals surface area contributed by atoms with E-state index in [2.05, 4.69) is 41.4 Å². The number of piperazine rings is 1. The number of halogens is 1. The van der Waals surface area contributed by atoms with E-state index in [1.54, 1.807) is 25.1 Å². The normalized spacial score (nSPS) is 18.4. The molecule has 0 saturated carbocycles. The number of piperidine rings is 1. The van der Waals surface area contributed by atoms with Crippen LogP contribution in [0, 0.1) is 19.7 Å². The molecule has 2 saturated heterocycles. The van der Waals surface area contributed by atoms with E-state index in [1.165, 1.54) is 24.3 Å². The molecule has 63 heavy (non-hydrogen) atoms. The summed E-state index contributed by atoms with van der Waals surface area (Å²) in [5, 5.41) is 14.0. The molecule has 1 aromatic heterocycles. The Morgan fingerprint density at radius 2 is 1.60 bits per heavy atom. The molecule has 2 fully saturated rings. The number of aromatic amines is 1. The van der Waals surface area contributed by atoms with Crippen molar-refractivity contribution in [1.82, 2.24) is 35.6 Å². The lowest BCUT2D eigenvalue weighted by Gasteiger charge is -2.34. The molecule has 2 aromatic carbocycles. The van der Waals surface area contributed by atoms with Gasteiger partial charge < -0.3 is 40.6 Å². The molecule has 1 atom stereocenters. The molecule has 7 amide bonds. The van der Waals surface area contributed by atoms with Gasteiger partial charge in [-0.25, -0.2) is 4.39 Å². The van der Waals surface area contributed by atoms with E-state index < -0.39 is 35.5 Å². The molecule has 4 aliphatic heterocycles. The molecule has 18 nitrogen and oxygen atoms in total. The summed E-state index contributed by atoms with van der Waals surface area (Å²) in [4.78, 5) is 97.0. The Hall–Kier alpha value is -6.28. The molecule has 0 aliphatic carbocycles. The van der Waals surface area contributed by atoms with E-state index in [4.69, 9.17) is 9.47 Å². The molecule has 334 valence electrons. The van der Waals surface area contributed by atoms with E-state index in [0.29, 0.717) is 97.6 Å². The zero-order valence-corrected chi connectivity index (χ0v) is 35.3. The maximum atomic E-state index is 13.9. The van der Waals surface area contributed by atoms with Crippen LogP contribution in [0.4, 0.5) is 15.8 Å². The third-order valence-electron chi connectivity index (χ3n) is 11.5. The minimum absolute atomic E-state index is 0.0485. The first kappa shape index (κ1) is 44.8. The largest absolute Gasteiger partial charge is 0.382 e. The van der Waals surface area contributed by atoms with Crippen molar-refractivity contribution in [2.45, 2.75) is 39.2 Å². The third kappa shape index (κ3) is 10.5. The third-order valence-corrected chi connectivity index (χ3v) is 11.5. The van der Waals surface area contributed by atoms with Gasteiger partial charge >= 0.3 is 0 Å². The summed E-state index contributed by atoms with van der Waals surface area (Å²) in [6.07, 6.45) is 2.54. The van der Waals surface area contributed by atoms with Crippen LogP contribution in [0.15, 0.2) is 36.4 Å². The van der Waals surface area contributed by atoms with Crippen LogP contribution in [0.3, 0.4) is 0 Å². The second kappa shape index (κ2) is 20.3. The fourth-order valence-corrected chi connectivity index (χ4v) is 8.23. The summed E-state index contributed by atoms with van der Waals surface area (Å²) in [7, 11) is 0. The number of hydrogen-bond donors (Lipinski definition) is 6. The van der Waals surface area contributed by atoms with Crippen LogP contribution in [-0.2, 0) is 28.7 Å². The highest BCUT2D eigenvalue weighted by atomic mass is 19.1. The highest BCUT2D eigenvalue weighted by Gasteiger charge is 2.45. The van der Waals surface area contributed by atoms with E-state index in [-0.39, 0.29) is 41.7 Å². The lowest BCUT2D eigenvalue weighted by molar-refractivity contribution is -0.136. The molecule has 4 aliphatic rings. The van der Waals surface area contributed by atoms with Gasteiger partial charge in [-0.3, -0.25) is 48.7 Å². The van der Waals surface area contributed by atoms with Gasteiger partial charge in [0.1, 0.15) is 11.9 Å². The lowest BCUT2D eigenvalue weighted by Crippen LogP contribution is -2.54. The molecular weight excluding hydrogens is 818 g/mol. The van der Waals surface area contributed by atoms with Gasteiger partial charge in [-0.1, -0.05) is 6.07 Å². The molecule has 3 aromatic rings. The van der Waals surface area contributed by atoms with E-state index in [0.717, 1.165) is 44.0 Å². The number of aromatic nitrogens is 1. The van der Waals surface area contributed by atoms with Gasteiger partial charge in [0, 0.05) is 80.6 Å². The zero-order valence-electron chi connectivity index (χ0n) is 35.3. The Kier molecular flexibility index (Phi) is 14.4. The Balaban J connectivity index is 0.713. The average molecular weight is 870 g/mol. The van der Waals surface area contributed by atoms with Crippen LogP contribution in [0.2, 0.25) is 0 Å². The summed E-state index contributed by atoms with van der Waals surface area (Å²) in [6.45, 7) is 10.3. The van der Waals surface area contributed by atoms with Crippen molar-refractivity contribution in [3.05, 3.63) is 81.4 Å². The lowest BCUT2D eigenvalue weighted by atomic mass is 10.0.